The number of carbonyl (C=O) groups is 1. The number of hydrogen-bond donors (Lipinski definition) is 4. The molecular weight excluding hydrogens is 455 g/mol. The number of esters is 1. The van der Waals surface area contributed by atoms with Gasteiger partial charge >= 0.3 is 19.4 Å². The Balaban J connectivity index is 0.00000385. The number of H-pyrrole nitrogens is 1. The predicted octanol–water partition coefficient (Wildman–Crippen LogP) is 0.952. The van der Waals surface area contributed by atoms with E-state index in [9.17, 15) is 23.8 Å². The highest BCUT2D eigenvalue weighted by molar-refractivity contribution is 7.50. The molecule has 6 N–H and O–H groups in total. The molecule has 1 aliphatic rings. The molecule has 0 aliphatic carbocycles. The summed E-state index contributed by atoms with van der Waals surface area (Å²) in [5.41, 5.74) is -0.0382. The number of nitrogens with one attached hydrogen (secondary N) is 2. The van der Waals surface area contributed by atoms with E-state index >= 15 is 0 Å². The van der Waals surface area contributed by atoms with Crippen molar-refractivity contribution >= 4 is 13.7 Å². The van der Waals surface area contributed by atoms with Gasteiger partial charge in [0, 0.05) is 11.8 Å². The summed E-state index contributed by atoms with van der Waals surface area (Å²) in [6.45, 7) is 1.24. The van der Waals surface area contributed by atoms with Crippen molar-refractivity contribution in [3.63, 3.8) is 0 Å². The molecule has 0 amide bonds. The van der Waals surface area contributed by atoms with Crippen molar-refractivity contribution in [2.45, 2.75) is 31.7 Å². The van der Waals surface area contributed by atoms with Crippen molar-refractivity contribution in [2.24, 2.45) is 0 Å². The summed E-state index contributed by atoms with van der Waals surface area (Å²) in [5, 5.41) is 2.32. The van der Waals surface area contributed by atoms with Crippen molar-refractivity contribution < 1.29 is 28.3 Å². The lowest BCUT2D eigenvalue weighted by Crippen LogP contribution is -2.38. The quantitative estimate of drug-likeness (QED) is 0.228. The Morgan fingerprint density at radius 3 is 2.67 bits per heavy atom. The molecule has 1 aromatic carbocycles. The van der Waals surface area contributed by atoms with Crippen molar-refractivity contribution in [3.8, 4) is 0 Å². The van der Waals surface area contributed by atoms with Gasteiger partial charge in [0.2, 0.25) is 0 Å². The van der Waals surface area contributed by atoms with Crippen LogP contribution in [0, 0.1) is 6.92 Å². The van der Waals surface area contributed by atoms with Crippen LogP contribution in [0.3, 0.4) is 0 Å². The van der Waals surface area contributed by atoms with Crippen LogP contribution in [0.15, 0.2) is 58.3 Å². The SMILES string of the molecule is COC(=O)C(Cc1ccccc1)NP(=O)(O)OCC1C=CC(n2cc(C)c(=O)[nH]c2=O)O1.N. The third-order valence-corrected chi connectivity index (χ3v) is 5.86. The van der Waals surface area contributed by atoms with Crippen LogP contribution in [0.25, 0.3) is 0 Å². The van der Waals surface area contributed by atoms with Crippen LogP contribution in [-0.2, 0) is 29.8 Å². The van der Waals surface area contributed by atoms with Crippen LogP contribution in [0.1, 0.15) is 17.4 Å². The number of aromatic amines is 1. The lowest BCUT2D eigenvalue weighted by atomic mass is 10.1. The average molecular weight is 482 g/mol. The van der Waals surface area contributed by atoms with Crippen LogP contribution >= 0.6 is 7.75 Å². The number of carbonyl (C=O) groups excluding carboxylic acids is 1. The summed E-state index contributed by atoms with van der Waals surface area (Å²) in [4.78, 5) is 48.0. The second-order valence-electron chi connectivity index (χ2n) is 7.14. The minimum Gasteiger partial charge on any atom is -0.468 e. The van der Waals surface area contributed by atoms with Gasteiger partial charge in [0.15, 0.2) is 6.23 Å². The molecule has 4 atom stereocenters. The molecule has 0 fully saturated rings. The molecule has 0 saturated heterocycles. The second-order valence-corrected chi connectivity index (χ2v) is 8.70. The van der Waals surface area contributed by atoms with E-state index in [-0.39, 0.29) is 19.2 Å². The molecule has 4 unspecified atom stereocenters. The van der Waals surface area contributed by atoms with Crippen molar-refractivity contribution in [1.29, 1.82) is 0 Å². The first-order chi connectivity index (χ1) is 15.2. The van der Waals surface area contributed by atoms with E-state index < -0.39 is 43.3 Å². The molecule has 180 valence electrons. The Kier molecular flexibility index (Phi) is 9.06. The minimum absolute atomic E-state index is 0. The lowest BCUT2D eigenvalue weighted by Gasteiger charge is -2.22. The zero-order valence-electron chi connectivity index (χ0n) is 18.2. The van der Waals surface area contributed by atoms with Crippen molar-refractivity contribution in [1.82, 2.24) is 20.8 Å². The zero-order valence-corrected chi connectivity index (χ0v) is 19.1. The summed E-state index contributed by atoms with van der Waals surface area (Å²) in [6.07, 6.45) is 3.08. The van der Waals surface area contributed by atoms with Crippen molar-refractivity contribution in [3.05, 3.63) is 80.6 Å². The number of nitrogens with zero attached hydrogens (tertiary/aromatic N) is 1. The first kappa shape index (κ1) is 26.4. The summed E-state index contributed by atoms with van der Waals surface area (Å²) >= 11 is 0. The van der Waals surface area contributed by atoms with E-state index in [0.717, 1.165) is 5.56 Å². The number of rotatable bonds is 9. The van der Waals surface area contributed by atoms with Gasteiger partial charge < -0.3 is 20.5 Å². The highest BCUT2D eigenvalue weighted by Crippen LogP contribution is 2.39. The molecule has 2 heterocycles. The van der Waals surface area contributed by atoms with E-state index in [4.69, 9.17) is 14.0 Å². The molecule has 12 nitrogen and oxygen atoms in total. The van der Waals surface area contributed by atoms with Gasteiger partial charge in [0.25, 0.3) is 5.56 Å². The maximum Gasteiger partial charge on any atom is 0.403 e. The molecule has 13 heteroatoms. The van der Waals surface area contributed by atoms with E-state index in [2.05, 4.69) is 10.1 Å². The Labute approximate surface area is 189 Å². The van der Waals surface area contributed by atoms with Crippen LogP contribution in [-0.4, -0.2) is 46.3 Å². The summed E-state index contributed by atoms with van der Waals surface area (Å²) in [7, 11) is -3.22. The highest BCUT2D eigenvalue weighted by Gasteiger charge is 2.32. The van der Waals surface area contributed by atoms with Gasteiger partial charge in [-0.15, -0.1) is 0 Å². The van der Waals surface area contributed by atoms with E-state index in [1.807, 2.05) is 6.07 Å². The van der Waals surface area contributed by atoms with Gasteiger partial charge in [0.1, 0.15) is 12.1 Å². The van der Waals surface area contributed by atoms with Gasteiger partial charge in [-0.05, 0) is 25.0 Å². The second kappa shape index (κ2) is 11.3. The molecular formula is C20H27N4O8P. The Bertz CT molecular complexity index is 1150. The number of methoxy groups -OCH3 is 1. The average Bonchev–Trinajstić information content (AvgIpc) is 3.23. The van der Waals surface area contributed by atoms with E-state index in [0.29, 0.717) is 5.56 Å². The first-order valence-electron chi connectivity index (χ1n) is 9.71. The number of aromatic nitrogens is 2. The van der Waals surface area contributed by atoms with E-state index in [1.54, 1.807) is 43.3 Å². The van der Waals surface area contributed by atoms with Crippen LogP contribution < -0.4 is 22.5 Å². The zero-order chi connectivity index (χ0) is 23.3. The fraction of sp³-hybridized carbons (Fsp3) is 0.350. The fourth-order valence-electron chi connectivity index (χ4n) is 3.10. The maximum absolute atomic E-state index is 12.5. The summed E-state index contributed by atoms with van der Waals surface area (Å²) in [6, 6.07) is 7.84. The van der Waals surface area contributed by atoms with Gasteiger partial charge in [-0.2, -0.15) is 0 Å². The summed E-state index contributed by atoms with van der Waals surface area (Å²) < 4.78 is 29.2. The maximum atomic E-state index is 12.5. The van der Waals surface area contributed by atoms with E-state index in [1.165, 1.54) is 17.9 Å². The van der Waals surface area contributed by atoms with Gasteiger partial charge in [-0.1, -0.05) is 36.4 Å². The molecule has 33 heavy (non-hydrogen) atoms. The number of benzene rings is 1. The Hall–Kier alpha value is -2.86. The predicted molar refractivity (Wildman–Crippen MR) is 119 cm³/mol. The molecule has 3 rings (SSSR count). The molecule has 0 spiro atoms. The normalized spacial score (nSPS) is 20.0. The van der Waals surface area contributed by atoms with Gasteiger partial charge in [0.05, 0.1) is 13.7 Å². The third kappa shape index (κ3) is 7.06. The van der Waals surface area contributed by atoms with Gasteiger partial charge in [-0.3, -0.25) is 23.7 Å². The van der Waals surface area contributed by atoms with Crippen LogP contribution in [0.2, 0.25) is 0 Å². The molecule has 0 saturated carbocycles. The standard InChI is InChI=1S/C20H24N3O8P.H3N/c1-13-11-23(20(26)21-18(13)24)17-9-8-15(31-17)12-30-32(27,28)22-16(19(25)29-2)10-14-6-4-3-5-7-14;/h3-9,11,15-17H,10,12H2,1-2H3,(H,21,24,26)(H2,22,27,28);1H3. The first-order valence-corrected chi connectivity index (χ1v) is 11.3. The topological polar surface area (TPSA) is 184 Å². The third-order valence-electron chi connectivity index (χ3n) is 4.73. The highest BCUT2D eigenvalue weighted by atomic mass is 31.2. The molecule has 0 bridgehead atoms. The Morgan fingerprint density at radius 1 is 1.30 bits per heavy atom. The van der Waals surface area contributed by atoms with Crippen LogP contribution in [0.5, 0.6) is 0 Å². The monoisotopic (exact) mass is 482 g/mol. The largest absolute Gasteiger partial charge is 0.468 e. The lowest BCUT2D eigenvalue weighted by molar-refractivity contribution is -0.142. The number of aryl methyl sites for hydroxylation is 1. The van der Waals surface area contributed by atoms with Gasteiger partial charge in [-0.25, -0.2) is 14.4 Å². The molecule has 2 aromatic rings. The van der Waals surface area contributed by atoms with Crippen molar-refractivity contribution in [2.75, 3.05) is 13.7 Å². The fourth-order valence-corrected chi connectivity index (χ4v) is 4.11. The van der Waals surface area contributed by atoms with Crippen LogP contribution in [0.4, 0.5) is 0 Å². The smallest absolute Gasteiger partial charge is 0.403 e. The molecule has 1 aromatic heterocycles. The minimum atomic E-state index is -4.40. The summed E-state index contributed by atoms with van der Waals surface area (Å²) in [5.74, 6) is -0.711. The molecule has 0 radical (unpaired) electrons. The number of ether oxygens (including phenoxy) is 2. The number of hydrogen-bond acceptors (Lipinski definition) is 8. The Morgan fingerprint density at radius 2 is 2.00 bits per heavy atom. The molecule has 1 aliphatic heterocycles.